The van der Waals surface area contributed by atoms with Gasteiger partial charge in [-0.05, 0) is 12.1 Å². The van der Waals surface area contributed by atoms with E-state index in [0.29, 0.717) is 28.5 Å². The summed E-state index contributed by atoms with van der Waals surface area (Å²) in [6.45, 7) is 0.459. The number of thioether (sulfide) groups is 1. The molecular formula is C15H13N5O3S. The fourth-order valence-electron chi connectivity index (χ4n) is 2.42. The number of H-pyrrole nitrogens is 1. The molecule has 3 heterocycles. The number of aromatic nitrogens is 4. The Morgan fingerprint density at radius 2 is 2.12 bits per heavy atom. The number of alkyl carbamates (subject to hydrolysis) is 1. The molecular weight excluding hydrogens is 330 g/mol. The molecule has 2 N–H and O–H groups in total. The molecule has 24 heavy (non-hydrogen) atoms. The second-order valence-electron chi connectivity index (χ2n) is 5.22. The first-order chi connectivity index (χ1) is 11.7. The molecule has 1 aliphatic rings. The van der Waals surface area contributed by atoms with Gasteiger partial charge < -0.3 is 15.0 Å². The molecule has 1 fully saturated rings. The number of nitrogens with one attached hydrogen (secondary N) is 2. The lowest BCUT2D eigenvalue weighted by Gasteiger charge is -2.07. The van der Waals surface area contributed by atoms with Crippen molar-refractivity contribution >= 4 is 28.9 Å². The van der Waals surface area contributed by atoms with Crippen LogP contribution in [-0.4, -0.2) is 44.2 Å². The van der Waals surface area contributed by atoms with Gasteiger partial charge in [0.15, 0.2) is 10.8 Å². The van der Waals surface area contributed by atoms with Crippen molar-refractivity contribution < 1.29 is 9.53 Å². The normalized spacial score (nSPS) is 17.0. The summed E-state index contributed by atoms with van der Waals surface area (Å²) >= 11 is 1.33. The van der Waals surface area contributed by atoms with Crippen molar-refractivity contribution in [2.45, 2.75) is 11.3 Å². The number of carbonyl (C=O) groups is 1. The number of rotatable bonds is 4. The average Bonchev–Trinajstić information content (AvgIpc) is 3.20. The monoisotopic (exact) mass is 343 g/mol. The fourth-order valence-corrected chi connectivity index (χ4v) is 3.27. The molecule has 1 saturated heterocycles. The first-order valence-electron chi connectivity index (χ1n) is 7.31. The highest BCUT2D eigenvalue weighted by atomic mass is 32.2. The van der Waals surface area contributed by atoms with E-state index in [-0.39, 0.29) is 11.7 Å². The van der Waals surface area contributed by atoms with E-state index >= 15 is 0 Å². The zero-order valence-electron chi connectivity index (χ0n) is 12.4. The lowest BCUT2D eigenvalue weighted by atomic mass is 10.3. The first kappa shape index (κ1) is 14.8. The molecule has 1 amide bonds. The van der Waals surface area contributed by atoms with Crippen molar-refractivity contribution in [1.82, 2.24) is 25.1 Å². The minimum absolute atomic E-state index is 0.234. The number of amides is 1. The van der Waals surface area contributed by atoms with E-state index in [1.807, 2.05) is 30.3 Å². The Morgan fingerprint density at radius 1 is 1.29 bits per heavy atom. The highest BCUT2D eigenvalue weighted by Crippen LogP contribution is 2.19. The third-order valence-corrected chi connectivity index (χ3v) is 4.58. The number of fused-ring (bicyclic) bond motifs is 1. The van der Waals surface area contributed by atoms with Gasteiger partial charge in [0.2, 0.25) is 0 Å². The molecule has 0 aliphatic carbocycles. The predicted molar refractivity (Wildman–Crippen MR) is 88.5 cm³/mol. The maximum absolute atomic E-state index is 12.2. The minimum Gasteiger partial charge on any atom is -0.443 e. The lowest BCUT2D eigenvalue weighted by molar-refractivity contribution is 0.150. The van der Waals surface area contributed by atoms with E-state index in [4.69, 9.17) is 4.74 Å². The summed E-state index contributed by atoms with van der Waals surface area (Å²) in [7, 11) is 0. The van der Waals surface area contributed by atoms with Crippen LogP contribution in [0.5, 0.6) is 0 Å². The Bertz CT molecular complexity index is 953. The first-order valence-corrected chi connectivity index (χ1v) is 8.30. The van der Waals surface area contributed by atoms with Crippen molar-refractivity contribution in [3.63, 3.8) is 0 Å². The molecule has 4 rings (SSSR count). The smallest absolute Gasteiger partial charge is 0.407 e. The molecule has 2 aromatic heterocycles. The molecule has 1 aromatic carbocycles. The largest absolute Gasteiger partial charge is 0.443 e. The molecule has 1 unspecified atom stereocenters. The Kier molecular flexibility index (Phi) is 3.69. The molecule has 0 bridgehead atoms. The second kappa shape index (κ2) is 6.00. The van der Waals surface area contributed by atoms with Crippen LogP contribution in [0.15, 0.2) is 46.5 Å². The zero-order chi connectivity index (χ0) is 16.5. The van der Waals surface area contributed by atoms with E-state index in [1.54, 1.807) is 4.68 Å². The van der Waals surface area contributed by atoms with E-state index in [1.165, 1.54) is 18.0 Å². The quantitative estimate of drug-likeness (QED) is 0.547. The number of benzene rings is 1. The molecule has 1 atom stereocenters. The highest BCUT2D eigenvalue weighted by molar-refractivity contribution is 7.99. The van der Waals surface area contributed by atoms with Crippen LogP contribution in [-0.2, 0) is 4.74 Å². The Morgan fingerprint density at radius 3 is 2.88 bits per heavy atom. The summed E-state index contributed by atoms with van der Waals surface area (Å²) in [5.74, 6) is 0.507. The molecule has 1 aliphatic heterocycles. The summed E-state index contributed by atoms with van der Waals surface area (Å²) in [6, 6.07) is 9.49. The van der Waals surface area contributed by atoms with E-state index in [0.717, 1.165) is 5.69 Å². The molecule has 8 nitrogen and oxygen atoms in total. The lowest BCUT2D eigenvalue weighted by Crippen LogP contribution is -2.17. The Balaban J connectivity index is 1.65. The van der Waals surface area contributed by atoms with Crippen molar-refractivity contribution in [3.8, 4) is 5.69 Å². The standard InChI is InChI=1S/C15H13N5O3S/c21-13-11-7-17-20(9-4-2-1-3-5-9)12(11)18-14(19-13)24-8-10-6-16-15(22)23-10/h1-5,7,10H,6,8H2,(H,16,22)(H,18,19,21). The Hall–Kier alpha value is -2.81. The van der Waals surface area contributed by atoms with E-state index in [2.05, 4.69) is 20.4 Å². The van der Waals surface area contributed by atoms with Crippen molar-refractivity contribution in [3.05, 3.63) is 46.9 Å². The van der Waals surface area contributed by atoms with Crippen LogP contribution in [0.4, 0.5) is 4.79 Å². The zero-order valence-corrected chi connectivity index (χ0v) is 13.2. The van der Waals surface area contributed by atoms with Crippen LogP contribution in [0, 0.1) is 0 Å². The molecule has 9 heteroatoms. The van der Waals surface area contributed by atoms with Gasteiger partial charge in [0.05, 0.1) is 18.4 Å². The third-order valence-electron chi connectivity index (χ3n) is 3.57. The second-order valence-corrected chi connectivity index (χ2v) is 6.23. The number of hydrogen-bond acceptors (Lipinski definition) is 6. The van der Waals surface area contributed by atoms with Crippen LogP contribution in [0.2, 0.25) is 0 Å². The van der Waals surface area contributed by atoms with Gasteiger partial charge in [0.1, 0.15) is 11.5 Å². The maximum atomic E-state index is 12.2. The predicted octanol–water partition coefficient (Wildman–Crippen LogP) is 1.31. The number of carbonyl (C=O) groups excluding carboxylic acids is 1. The molecule has 0 spiro atoms. The highest BCUT2D eigenvalue weighted by Gasteiger charge is 2.23. The van der Waals surface area contributed by atoms with Crippen LogP contribution in [0.1, 0.15) is 0 Å². The SMILES string of the molecule is O=C1NCC(CSc2nc3c(cnn3-c3ccccc3)c(=O)[nH]2)O1. The Labute approximate surface area is 140 Å². The van der Waals surface area contributed by atoms with Gasteiger partial charge in [-0.15, -0.1) is 0 Å². The topological polar surface area (TPSA) is 102 Å². The summed E-state index contributed by atoms with van der Waals surface area (Å²) in [5, 5.41) is 7.75. The van der Waals surface area contributed by atoms with Gasteiger partial charge in [0.25, 0.3) is 5.56 Å². The van der Waals surface area contributed by atoms with Crippen molar-refractivity contribution in [1.29, 1.82) is 0 Å². The number of para-hydroxylation sites is 1. The molecule has 0 saturated carbocycles. The summed E-state index contributed by atoms with van der Waals surface area (Å²) in [5.41, 5.74) is 1.08. The van der Waals surface area contributed by atoms with Crippen molar-refractivity contribution in [2.24, 2.45) is 0 Å². The van der Waals surface area contributed by atoms with Crippen LogP contribution < -0.4 is 10.9 Å². The van der Waals surface area contributed by atoms with Gasteiger partial charge >= 0.3 is 6.09 Å². The van der Waals surface area contributed by atoms with Gasteiger partial charge in [-0.2, -0.15) is 5.10 Å². The van der Waals surface area contributed by atoms with Crippen LogP contribution >= 0.6 is 11.8 Å². The maximum Gasteiger partial charge on any atom is 0.407 e. The van der Waals surface area contributed by atoms with Gasteiger partial charge in [-0.1, -0.05) is 30.0 Å². The number of hydrogen-bond donors (Lipinski definition) is 2. The van der Waals surface area contributed by atoms with E-state index < -0.39 is 6.09 Å². The molecule has 0 radical (unpaired) electrons. The van der Waals surface area contributed by atoms with Gasteiger partial charge in [-0.25, -0.2) is 14.5 Å². The van der Waals surface area contributed by atoms with Crippen LogP contribution in [0.3, 0.4) is 0 Å². The van der Waals surface area contributed by atoms with Gasteiger partial charge in [0, 0.05) is 5.75 Å². The minimum atomic E-state index is -0.417. The number of nitrogens with zero attached hydrogens (tertiary/aromatic N) is 3. The third kappa shape index (κ3) is 2.73. The molecule has 122 valence electrons. The van der Waals surface area contributed by atoms with Crippen LogP contribution in [0.25, 0.3) is 16.7 Å². The van der Waals surface area contributed by atoms with Crippen molar-refractivity contribution in [2.75, 3.05) is 12.3 Å². The summed E-state index contributed by atoms with van der Waals surface area (Å²) < 4.78 is 6.70. The van der Waals surface area contributed by atoms with Gasteiger partial charge in [-0.3, -0.25) is 4.79 Å². The van der Waals surface area contributed by atoms with E-state index in [9.17, 15) is 9.59 Å². The number of cyclic esters (lactones) is 1. The number of aromatic amines is 1. The molecule has 3 aromatic rings. The summed E-state index contributed by atoms with van der Waals surface area (Å²) in [4.78, 5) is 30.5. The summed E-state index contributed by atoms with van der Waals surface area (Å²) in [6.07, 6.45) is 0.854. The fraction of sp³-hybridized carbons (Fsp3) is 0.200. The number of ether oxygens (including phenoxy) is 1. The average molecular weight is 343 g/mol.